The number of thiazole rings is 1. The zero-order chi connectivity index (χ0) is 27.4. The van der Waals surface area contributed by atoms with Crippen molar-refractivity contribution in [3.05, 3.63) is 58.6 Å². The molecule has 0 unspecified atom stereocenters. The van der Waals surface area contributed by atoms with E-state index in [0.717, 1.165) is 11.3 Å². The summed E-state index contributed by atoms with van der Waals surface area (Å²) in [5.74, 6) is -1.70. The number of carbonyl (C=O) groups excluding carboxylic acids is 3. The average molecular weight is 565 g/mol. The van der Waals surface area contributed by atoms with Gasteiger partial charge in [-0.3, -0.25) is 9.59 Å². The fourth-order valence-electron chi connectivity index (χ4n) is 3.87. The molecule has 2 amide bonds. The fraction of sp³-hybridized carbons (Fsp3) is 0.333. The van der Waals surface area contributed by atoms with E-state index < -0.39 is 33.8 Å². The summed E-state index contributed by atoms with van der Waals surface area (Å²) in [6.07, 6.45) is -0.479. The molecule has 0 atom stereocenters. The van der Waals surface area contributed by atoms with Gasteiger partial charge >= 0.3 is 12.1 Å². The molecule has 2 heterocycles. The highest BCUT2D eigenvalue weighted by Gasteiger charge is 2.30. The Kier molecular flexibility index (Phi) is 8.23. The van der Waals surface area contributed by atoms with Gasteiger partial charge in [0, 0.05) is 31.7 Å². The number of hydrogen-bond acceptors (Lipinski definition) is 8. The van der Waals surface area contributed by atoms with Crippen molar-refractivity contribution >= 4 is 49.5 Å². The smallest absolute Gasteiger partial charge is 0.409 e. The SMILES string of the molecule is CCOC(=O)N1CCN(S(=O)(=O)c2ccc(C(=O)N=c3sc4cc(F)ccc4n3CC(=O)OC)cc2)CC1. The zero-order valence-corrected chi connectivity index (χ0v) is 22.3. The van der Waals surface area contributed by atoms with Crippen LogP contribution in [-0.4, -0.2) is 80.1 Å². The van der Waals surface area contributed by atoms with Gasteiger partial charge in [0.2, 0.25) is 10.0 Å². The molecule has 0 spiro atoms. The summed E-state index contributed by atoms with van der Waals surface area (Å²) in [5.41, 5.74) is 0.641. The van der Waals surface area contributed by atoms with Gasteiger partial charge in [-0.2, -0.15) is 9.30 Å². The highest BCUT2D eigenvalue weighted by atomic mass is 32.2. The first-order valence-corrected chi connectivity index (χ1v) is 13.9. The van der Waals surface area contributed by atoms with Crippen molar-refractivity contribution in [2.24, 2.45) is 4.99 Å². The number of halogens is 1. The van der Waals surface area contributed by atoms with E-state index in [1.165, 1.54) is 63.3 Å². The molecule has 0 radical (unpaired) electrons. The molecule has 0 bridgehead atoms. The van der Waals surface area contributed by atoms with Crippen LogP contribution in [0.1, 0.15) is 17.3 Å². The van der Waals surface area contributed by atoms with Crippen molar-refractivity contribution in [2.75, 3.05) is 39.9 Å². The van der Waals surface area contributed by atoms with Gasteiger partial charge in [-0.15, -0.1) is 0 Å². The predicted molar refractivity (Wildman–Crippen MR) is 135 cm³/mol. The summed E-state index contributed by atoms with van der Waals surface area (Å²) in [4.78, 5) is 42.4. The normalized spacial score (nSPS) is 15.0. The summed E-state index contributed by atoms with van der Waals surface area (Å²) >= 11 is 1.03. The fourth-order valence-corrected chi connectivity index (χ4v) is 6.35. The van der Waals surface area contributed by atoms with Gasteiger partial charge in [-0.05, 0) is 49.4 Å². The minimum atomic E-state index is -3.85. The molecule has 11 nitrogen and oxygen atoms in total. The third-order valence-electron chi connectivity index (χ3n) is 5.86. The Bertz CT molecular complexity index is 1540. The van der Waals surface area contributed by atoms with Crippen molar-refractivity contribution in [2.45, 2.75) is 18.4 Å². The molecule has 1 aliphatic heterocycles. The van der Waals surface area contributed by atoms with Crippen molar-refractivity contribution < 1.29 is 36.7 Å². The number of hydrogen-bond donors (Lipinski definition) is 0. The van der Waals surface area contributed by atoms with Crippen molar-refractivity contribution in [3.63, 3.8) is 0 Å². The van der Waals surface area contributed by atoms with Crippen LogP contribution >= 0.6 is 11.3 Å². The lowest BCUT2D eigenvalue weighted by Gasteiger charge is -2.33. The number of sulfonamides is 1. The standard InChI is InChI=1S/C24H25FN4O7S2/c1-3-36-24(32)27-10-12-28(13-11-27)38(33,34)18-7-4-16(5-8-18)22(31)26-23-29(15-21(30)35-2)19-9-6-17(25)14-20(19)37-23/h4-9,14H,3,10-13,15H2,1-2H3. The summed E-state index contributed by atoms with van der Waals surface area (Å²) in [5, 5.41) is 0. The van der Waals surface area contributed by atoms with E-state index in [2.05, 4.69) is 4.99 Å². The second kappa shape index (κ2) is 11.4. The Morgan fingerprint density at radius 2 is 1.74 bits per heavy atom. The second-order valence-electron chi connectivity index (χ2n) is 8.19. The molecule has 0 N–H and O–H groups in total. The average Bonchev–Trinajstić information content (AvgIpc) is 3.24. The number of amides is 2. The van der Waals surface area contributed by atoms with Gasteiger partial charge in [0.15, 0.2) is 4.80 Å². The van der Waals surface area contributed by atoms with Crippen LogP contribution in [0.25, 0.3) is 10.2 Å². The number of esters is 1. The molecular formula is C24H25FN4O7S2. The number of rotatable bonds is 6. The van der Waals surface area contributed by atoms with Crippen molar-refractivity contribution in [1.29, 1.82) is 0 Å². The number of aromatic nitrogens is 1. The molecular weight excluding hydrogens is 539 g/mol. The molecule has 1 fully saturated rings. The van der Waals surface area contributed by atoms with Crippen LogP contribution in [0, 0.1) is 5.82 Å². The van der Waals surface area contributed by atoms with E-state index in [1.807, 2.05) is 0 Å². The first-order valence-electron chi connectivity index (χ1n) is 11.6. The number of methoxy groups -OCH3 is 1. The molecule has 14 heteroatoms. The maximum atomic E-state index is 13.7. The third-order valence-corrected chi connectivity index (χ3v) is 8.81. The lowest BCUT2D eigenvalue weighted by Crippen LogP contribution is -2.50. The highest BCUT2D eigenvalue weighted by molar-refractivity contribution is 7.89. The topological polar surface area (TPSA) is 128 Å². The molecule has 3 aromatic rings. The summed E-state index contributed by atoms with van der Waals surface area (Å²) in [7, 11) is -2.61. The van der Waals surface area contributed by atoms with Crippen LogP contribution in [0.15, 0.2) is 52.4 Å². The van der Waals surface area contributed by atoms with Gasteiger partial charge < -0.3 is 18.9 Å². The van der Waals surface area contributed by atoms with Gasteiger partial charge in [0.05, 0.1) is 28.8 Å². The van der Waals surface area contributed by atoms with Crippen LogP contribution in [0.4, 0.5) is 9.18 Å². The third kappa shape index (κ3) is 5.76. The predicted octanol–water partition coefficient (Wildman–Crippen LogP) is 2.22. The zero-order valence-electron chi connectivity index (χ0n) is 20.6. The van der Waals surface area contributed by atoms with Crippen molar-refractivity contribution in [3.8, 4) is 0 Å². The Balaban J connectivity index is 1.55. The van der Waals surface area contributed by atoms with Crippen LogP contribution < -0.4 is 4.80 Å². The molecule has 2 aromatic carbocycles. The van der Waals surface area contributed by atoms with E-state index in [9.17, 15) is 27.2 Å². The minimum Gasteiger partial charge on any atom is -0.468 e. The van der Waals surface area contributed by atoms with Gasteiger partial charge in [0.25, 0.3) is 5.91 Å². The Morgan fingerprint density at radius 1 is 1.05 bits per heavy atom. The van der Waals surface area contributed by atoms with Crippen LogP contribution in [0.2, 0.25) is 0 Å². The molecule has 38 heavy (non-hydrogen) atoms. The number of carbonyl (C=O) groups is 3. The Hall–Kier alpha value is -3.62. The van der Waals surface area contributed by atoms with E-state index in [1.54, 1.807) is 6.92 Å². The van der Waals surface area contributed by atoms with Crippen LogP contribution in [0.5, 0.6) is 0 Å². The number of fused-ring (bicyclic) bond motifs is 1. The maximum absolute atomic E-state index is 13.7. The van der Waals surface area contributed by atoms with E-state index in [0.29, 0.717) is 10.2 Å². The molecule has 1 aliphatic rings. The van der Waals surface area contributed by atoms with E-state index >= 15 is 0 Å². The number of piperazine rings is 1. The van der Waals surface area contributed by atoms with Gasteiger partial charge in [0.1, 0.15) is 12.4 Å². The Labute approximate surface area is 221 Å². The lowest BCUT2D eigenvalue weighted by atomic mass is 10.2. The van der Waals surface area contributed by atoms with Crippen molar-refractivity contribution in [1.82, 2.24) is 13.8 Å². The highest BCUT2D eigenvalue weighted by Crippen LogP contribution is 2.21. The van der Waals surface area contributed by atoms with Gasteiger partial charge in [-0.1, -0.05) is 11.3 Å². The second-order valence-corrected chi connectivity index (χ2v) is 11.1. The number of benzene rings is 2. The molecule has 1 saturated heterocycles. The Morgan fingerprint density at radius 3 is 2.37 bits per heavy atom. The molecule has 0 saturated carbocycles. The lowest BCUT2D eigenvalue weighted by molar-refractivity contribution is -0.141. The van der Waals surface area contributed by atoms with Crippen LogP contribution in [0.3, 0.4) is 0 Å². The van der Waals surface area contributed by atoms with E-state index in [4.69, 9.17) is 9.47 Å². The number of ether oxygens (including phenoxy) is 2. The van der Waals surface area contributed by atoms with Gasteiger partial charge in [-0.25, -0.2) is 17.6 Å². The minimum absolute atomic E-state index is 0.00303. The quantitative estimate of drug-likeness (QED) is 0.420. The first-order chi connectivity index (χ1) is 18.1. The summed E-state index contributed by atoms with van der Waals surface area (Å²) in [6, 6.07) is 9.35. The number of nitrogens with zero attached hydrogens (tertiary/aromatic N) is 4. The largest absolute Gasteiger partial charge is 0.468 e. The molecule has 0 aliphatic carbocycles. The monoisotopic (exact) mass is 564 g/mol. The summed E-state index contributed by atoms with van der Waals surface area (Å²) in [6.45, 7) is 2.35. The van der Waals surface area contributed by atoms with Crippen LogP contribution in [-0.2, 0) is 30.8 Å². The molecule has 1 aromatic heterocycles. The summed E-state index contributed by atoms with van der Waals surface area (Å²) < 4.78 is 52.8. The van der Waals surface area contributed by atoms with E-state index in [-0.39, 0.29) is 54.6 Å². The maximum Gasteiger partial charge on any atom is 0.409 e. The molecule has 202 valence electrons. The molecule has 4 rings (SSSR count). The first kappa shape index (κ1) is 27.4.